The topological polar surface area (TPSA) is 12.0 Å². The highest BCUT2D eigenvalue weighted by Crippen LogP contribution is 2.32. The summed E-state index contributed by atoms with van der Waals surface area (Å²) >= 11 is 0. The van der Waals surface area contributed by atoms with Gasteiger partial charge in [0.25, 0.3) is 0 Å². The summed E-state index contributed by atoms with van der Waals surface area (Å²) in [5, 5.41) is 3.58. The molecule has 1 N–H and O–H groups in total. The minimum atomic E-state index is 0.643. The Morgan fingerprint density at radius 1 is 1.16 bits per heavy atom. The molecule has 0 saturated heterocycles. The number of hydrogen-bond acceptors (Lipinski definition) is 1. The second-order valence-corrected chi connectivity index (χ2v) is 6.63. The molecular weight excluding hydrogens is 230 g/mol. The molecule has 1 aliphatic rings. The van der Waals surface area contributed by atoms with Crippen molar-refractivity contribution in [3.05, 3.63) is 34.9 Å². The van der Waals surface area contributed by atoms with Crippen LogP contribution in [0.4, 0.5) is 0 Å². The minimum Gasteiger partial charge on any atom is -0.316 e. The summed E-state index contributed by atoms with van der Waals surface area (Å²) in [4.78, 5) is 0. The largest absolute Gasteiger partial charge is 0.316 e. The van der Waals surface area contributed by atoms with Gasteiger partial charge in [-0.25, -0.2) is 0 Å². The molecule has 2 rings (SSSR count). The molecule has 1 aliphatic carbocycles. The van der Waals surface area contributed by atoms with Crippen LogP contribution in [0.15, 0.2) is 18.2 Å². The zero-order valence-electron chi connectivity index (χ0n) is 13.0. The quantitative estimate of drug-likeness (QED) is 0.852. The van der Waals surface area contributed by atoms with Gasteiger partial charge < -0.3 is 5.32 Å². The molecule has 0 amide bonds. The predicted octanol–water partition coefficient (Wildman–Crippen LogP) is 4.26. The molecule has 0 radical (unpaired) electrons. The van der Waals surface area contributed by atoms with Crippen LogP contribution in [-0.2, 0) is 6.42 Å². The average Bonchev–Trinajstić information content (AvgIpc) is 2.34. The zero-order valence-corrected chi connectivity index (χ0v) is 13.0. The second kappa shape index (κ2) is 6.56. The van der Waals surface area contributed by atoms with E-state index in [0.29, 0.717) is 6.04 Å². The van der Waals surface area contributed by atoms with Gasteiger partial charge in [-0.1, -0.05) is 49.1 Å². The van der Waals surface area contributed by atoms with Crippen LogP contribution >= 0.6 is 0 Å². The van der Waals surface area contributed by atoms with E-state index in [1.807, 2.05) is 0 Å². The van der Waals surface area contributed by atoms with Crippen molar-refractivity contribution in [1.82, 2.24) is 5.32 Å². The van der Waals surface area contributed by atoms with E-state index in [1.54, 1.807) is 0 Å². The summed E-state index contributed by atoms with van der Waals surface area (Å²) < 4.78 is 0. The molecule has 1 saturated carbocycles. The molecule has 0 bridgehead atoms. The maximum Gasteiger partial charge on any atom is 0.0133 e. The molecule has 19 heavy (non-hydrogen) atoms. The Balaban J connectivity index is 2.05. The van der Waals surface area contributed by atoms with Crippen LogP contribution in [0.25, 0.3) is 0 Å². The van der Waals surface area contributed by atoms with Crippen molar-refractivity contribution < 1.29 is 0 Å². The van der Waals surface area contributed by atoms with E-state index >= 15 is 0 Å². The number of likely N-dealkylation sites (N-methyl/N-ethyl adjacent to an activating group) is 1. The first kappa shape index (κ1) is 14.6. The molecule has 0 aromatic heterocycles. The Kier molecular flexibility index (Phi) is 5.04. The third-order valence-electron chi connectivity index (χ3n) is 4.65. The van der Waals surface area contributed by atoms with Gasteiger partial charge in [0.1, 0.15) is 0 Å². The lowest BCUT2D eigenvalue weighted by Crippen LogP contribution is -2.38. The molecule has 1 aromatic carbocycles. The third kappa shape index (κ3) is 4.07. The van der Waals surface area contributed by atoms with Crippen LogP contribution in [-0.4, -0.2) is 13.1 Å². The lowest BCUT2D eigenvalue weighted by atomic mass is 9.77. The van der Waals surface area contributed by atoms with Crippen molar-refractivity contribution in [2.75, 3.05) is 7.05 Å². The van der Waals surface area contributed by atoms with Gasteiger partial charge in [-0.2, -0.15) is 0 Å². The normalized spacial score (nSPS) is 25.3. The molecule has 0 spiro atoms. The Bertz CT molecular complexity index is 390. The van der Waals surface area contributed by atoms with Crippen LogP contribution in [0.5, 0.6) is 0 Å². The molecule has 1 nitrogen and oxygen atoms in total. The molecule has 1 fully saturated rings. The molecule has 3 unspecified atom stereocenters. The monoisotopic (exact) mass is 259 g/mol. The van der Waals surface area contributed by atoms with Gasteiger partial charge in [0.2, 0.25) is 0 Å². The first-order chi connectivity index (χ1) is 9.08. The van der Waals surface area contributed by atoms with Crippen molar-refractivity contribution in [3.63, 3.8) is 0 Å². The van der Waals surface area contributed by atoms with Crippen molar-refractivity contribution in [2.45, 2.75) is 58.9 Å². The van der Waals surface area contributed by atoms with Crippen molar-refractivity contribution in [1.29, 1.82) is 0 Å². The highest BCUT2D eigenvalue weighted by Gasteiger charge is 2.25. The first-order valence-electron chi connectivity index (χ1n) is 7.83. The van der Waals surface area contributed by atoms with Crippen LogP contribution in [0.1, 0.15) is 49.3 Å². The summed E-state index contributed by atoms with van der Waals surface area (Å²) in [6.07, 6.45) is 6.82. The van der Waals surface area contributed by atoms with Gasteiger partial charge in [0, 0.05) is 6.04 Å². The predicted molar refractivity (Wildman–Crippen MR) is 83.6 cm³/mol. The van der Waals surface area contributed by atoms with E-state index in [9.17, 15) is 0 Å². The van der Waals surface area contributed by atoms with Gasteiger partial charge in [0.05, 0.1) is 0 Å². The molecule has 1 heteroatoms. The minimum absolute atomic E-state index is 0.643. The molecule has 3 atom stereocenters. The van der Waals surface area contributed by atoms with E-state index in [4.69, 9.17) is 0 Å². The Hall–Kier alpha value is -0.820. The summed E-state index contributed by atoms with van der Waals surface area (Å²) in [5.41, 5.74) is 4.28. The maximum atomic E-state index is 3.58. The number of rotatable bonds is 4. The lowest BCUT2D eigenvalue weighted by Gasteiger charge is -2.33. The van der Waals surface area contributed by atoms with E-state index in [-0.39, 0.29) is 0 Å². The second-order valence-electron chi connectivity index (χ2n) is 6.63. The summed E-state index contributed by atoms with van der Waals surface area (Å²) in [6, 6.07) is 7.61. The summed E-state index contributed by atoms with van der Waals surface area (Å²) in [5.74, 6) is 1.77. The fourth-order valence-electron chi connectivity index (χ4n) is 3.79. The van der Waals surface area contributed by atoms with Gasteiger partial charge in [-0.15, -0.1) is 0 Å². The lowest BCUT2D eigenvalue weighted by molar-refractivity contribution is 0.227. The highest BCUT2D eigenvalue weighted by molar-refractivity contribution is 5.29. The van der Waals surface area contributed by atoms with Crippen molar-refractivity contribution >= 4 is 0 Å². The average molecular weight is 259 g/mol. The molecule has 0 heterocycles. The van der Waals surface area contributed by atoms with Gasteiger partial charge >= 0.3 is 0 Å². The Labute approximate surface area is 118 Å². The Morgan fingerprint density at radius 3 is 2.42 bits per heavy atom. The van der Waals surface area contributed by atoms with Gasteiger partial charge in [0.15, 0.2) is 0 Å². The van der Waals surface area contributed by atoms with E-state index in [2.05, 4.69) is 51.3 Å². The van der Waals surface area contributed by atoms with E-state index < -0.39 is 0 Å². The number of hydrogen-bond donors (Lipinski definition) is 1. The highest BCUT2D eigenvalue weighted by atomic mass is 14.9. The van der Waals surface area contributed by atoms with Crippen LogP contribution in [0, 0.1) is 25.7 Å². The Morgan fingerprint density at radius 2 is 1.84 bits per heavy atom. The number of aryl methyl sites for hydroxylation is 2. The van der Waals surface area contributed by atoms with E-state index in [0.717, 1.165) is 11.8 Å². The van der Waals surface area contributed by atoms with Crippen LogP contribution in [0.2, 0.25) is 0 Å². The molecule has 1 aromatic rings. The van der Waals surface area contributed by atoms with E-state index in [1.165, 1.54) is 48.8 Å². The number of benzene rings is 1. The number of nitrogens with one attached hydrogen (secondary N) is 1. The summed E-state index contributed by atoms with van der Waals surface area (Å²) in [6.45, 7) is 6.82. The van der Waals surface area contributed by atoms with Gasteiger partial charge in [-0.3, -0.25) is 0 Å². The smallest absolute Gasteiger partial charge is 0.0133 e. The SMILES string of the molecule is CNC(Cc1cc(C)cc(C)c1)C1CCCC(C)C1. The fraction of sp³-hybridized carbons (Fsp3) is 0.667. The van der Waals surface area contributed by atoms with Crippen LogP contribution < -0.4 is 5.32 Å². The third-order valence-corrected chi connectivity index (χ3v) is 4.65. The molecule has 106 valence electrons. The molecule has 0 aliphatic heterocycles. The maximum absolute atomic E-state index is 3.58. The fourth-order valence-corrected chi connectivity index (χ4v) is 3.79. The standard InChI is InChI=1S/C18H29N/c1-13-6-5-7-17(11-13)18(19-4)12-16-9-14(2)8-15(3)10-16/h8-10,13,17-19H,5-7,11-12H2,1-4H3. The van der Waals surface area contributed by atoms with Crippen molar-refractivity contribution in [3.8, 4) is 0 Å². The molecular formula is C18H29N. The summed E-state index contributed by atoms with van der Waals surface area (Å²) in [7, 11) is 2.13. The zero-order chi connectivity index (χ0) is 13.8. The van der Waals surface area contributed by atoms with Gasteiger partial charge in [-0.05, 0) is 57.6 Å². The van der Waals surface area contributed by atoms with Crippen molar-refractivity contribution in [2.24, 2.45) is 11.8 Å². The van der Waals surface area contributed by atoms with Crippen LogP contribution in [0.3, 0.4) is 0 Å². The first-order valence-corrected chi connectivity index (χ1v) is 7.83.